The van der Waals surface area contributed by atoms with E-state index in [2.05, 4.69) is 0 Å². The number of amides is 1. The summed E-state index contributed by atoms with van der Waals surface area (Å²) in [5.74, 6) is -0.542. The molecule has 96 valence electrons. The minimum Gasteiger partial charge on any atom is -0.268 e. The Morgan fingerprint density at radius 2 is 1.95 bits per heavy atom. The summed E-state index contributed by atoms with van der Waals surface area (Å²) in [5, 5.41) is 0. The Balaban J connectivity index is 2.21. The van der Waals surface area contributed by atoms with E-state index in [1.165, 1.54) is 12.1 Å². The number of hydrogen-bond acceptors (Lipinski definition) is 4. The molecule has 1 aliphatic carbocycles. The molecule has 2 aliphatic rings. The van der Waals surface area contributed by atoms with Gasteiger partial charge < -0.3 is 0 Å². The highest BCUT2D eigenvalue weighted by molar-refractivity contribution is 7.90. The van der Waals surface area contributed by atoms with Crippen molar-refractivity contribution in [2.45, 2.75) is 11.3 Å². The van der Waals surface area contributed by atoms with Crippen LogP contribution in [0.4, 0.5) is 0 Å². The first kappa shape index (κ1) is 12.3. The Morgan fingerprint density at radius 1 is 1.21 bits per heavy atom. The standard InChI is InChI=1S/C13H9NO3S2/c15-13-9-5-1-4-8-12(9)19(16,17)14(13)10-6-2-3-7-11(10)18/h1-6,8H,7H2. The zero-order chi connectivity index (χ0) is 13.6. The molecule has 0 unspecified atom stereocenters. The largest absolute Gasteiger partial charge is 0.273 e. The van der Waals surface area contributed by atoms with Crippen molar-refractivity contribution in [3.63, 3.8) is 0 Å². The van der Waals surface area contributed by atoms with Crippen molar-refractivity contribution in [3.05, 3.63) is 53.8 Å². The molecular formula is C13H9NO3S2. The van der Waals surface area contributed by atoms with Crippen LogP contribution in [-0.4, -0.2) is 23.5 Å². The first-order chi connectivity index (χ1) is 9.03. The average molecular weight is 291 g/mol. The highest BCUT2D eigenvalue weighted by Gasteiger charge is 2.43. The van der Waals surface area contributed by atoms with Gasteiger partial charge in [0.25, 0.3) is 15.9 Å². The van der Waals surface area contributed by atoms with Crippen LogP contribution >= 0.6 is 12.2 Å². The topological polar surface area (TPSA) is 54.5 Å². The summed E-state index contributed by atoms with van der Waals surface area (Å²) in [6, 6.07) is 6.19. The summed E-state index contributed by atoms with van der Waals surface area (Å²) in [6.45, 7) is 0. The minimum atomic E-state index is -3.83. The van der Waals surface area contributed by atoms with Gasteiger partial charge in [-0.05, 0) is 18.2 Å². The molecule has 19 heavy (non-hydrogen) atoms. The number of benzene rings is 1. The fraction of sp³-hybridized carbons (Fsp3) is 0.0769. The molecule has 1 amide bonds. The number of nitrogens with zero attached hydrogens (tertiary/aromatic N) is 1. The number of allylic oxidation sites excluding steroid dienone is 4. The fourth-order valence-corrected chi connectivity index (χ4v) is 4.08. The van der Waals surface area contributed by atoms with Crippen molar-refractivity contribution in [1.29, 1.82) is 0 Å². The number of fused-ring (bicyclic) bond motifs is 1. The molecule has 0 atom stereocenters. The average Bonchev–Trinajstić information content (AvgIpc) is 2.60. The summed E-state index contributed by atoms with van der Waals surface area (Å²) in [7, 11) is -3.83. The summed E-state index contributed by atoms with van der Waals surface area (Å²) in [4.78, 5) is 12.8. The molecule has 6 heteroatoms. The van der Waals surface area contributed by atoms with Gasteiger partial charge in [-0.3, -0.25) is 4.79 Å². The summed E-state index contributed by atoms with van der Waals surface area (Å²) in [6.07, 6.45) is 5.56. The van der Waals surface area contributed by atoms with Crippen molar-refractivity contribution in [2.24, 2.45) is 0 Å². The van der Waals surface area contributed by atoms with Crippen LogP contribution in [0.2, 0.25) is 0 Å². The van der Waals surface area contributed by atoms with E-state index in [-0.39, 0.29) is 16.2 Å². The zero-order valence-corrected chi connectivity index (χ0v) is 11.4. The van der Waals surface area contributed by atoms with Gasteiger partial charge >= 0.3 is 0 Å². The van der Waals surface area contributed by atoms with Crippen molar-refractivity contribution in [1.82, 2.24) is 4.31 Å². The lowest BCUT2D eigenvalue weighted by molar-refractivity contribution is 0.0901. The van der Waals surface area contributed by atoms with E-state index in [4.69, 9.17) is 12.2 Å². The third-order valence-corrected chi connectivity index (χ3v) is 5.15. The van der Waals surface area contributed by atoms with Gasteiger partial charge in [-0.15, -0.1) is 0 Å². The zero-order valence-electron chi connectivity index (χ0n) is 9.74. The Morgan fingerprint density at radius 3 is 2.63 bits per heavy atom. The van der Waals surface area contributed by atoms with Crippen LogP contribution in [0.3, 0.4) is 0 Å². The maximum absolute atomic E-state index is 12.4. The van der Waals surface area contributed by atoms with Crippen LogP contribution in [0.25, 0.3) is 0 Å². The number of sulfonamides is 1. The predicted molar refractivity (Wildman–Crippen MR) is 74.2 cm³/mol. The summed E-state index contributed by atoms with van der Waals surface area (Å²) in [5.41, 5.74) is 0.472. The molecule has 0 N–H and O–H groups in total. The number of rotatable bonds is 1. The SMILES string of the molecule is O=C1c2ccccc2S(=O)(=O)N1C1=CC=CCC1=S. The Kier molecular flexibility index (Phi) is 2.65. The van der Waals surface area contributed by atoms with E-state index >= 15 is 0 Å². The van der Waals surface area contributed by atoms with Gasteiger partial charge in [0.1, 0.15) is 4.90 Å². The second-order valence-electron chi connectivity index (χ2n) is 4.18. The van der Waals surface area contributed by atoms with Crippen LogP contribution in [0.15, 0.2) is 53.1 Å². The first-order valence-corrected chi connectivity index (χ1v) is 7.47. The molecule has 0 radical (unpaired) electrons. The molecule has 1 aromatic carbocycles. The van der Waals surface area contributed by atoms with Crippen LogP contribution in [0.1, 0.15) is 16.8 Å². The van der Waals surface area contributed by atoms with E-state index in [9.17, 15) is 13.2 Å². The molecular weight excluding hydrogens is 282 g/mol. The smallest absolute Gasteiger partial charge is 0.268 e. The van der Waals surface area contributed by atoms with E-state index in [1.54, 1.807) is 24.3 Å². The van der Waals surface area contributed by atoms with Crippen LogP contribution < -0.4 is 0 Å². The molecule has 1 heterocycles. The third-order valence-electron chi connectivity index (χ3n) is 3.02. The van der Waals surface area contributed by atoms with Gasteiger partial charge in [0, 0.05) is 11.3 Å². The van der Waals surface area contributed by atoms with Crippen molar-refractivity contribution >= 4 is 33.0 Å². The van der Waals surface area contributed by atoms with E-state index < -0.39 is 15.9 Å². The third kappa shape index (κ3) is 1.67. The monoisotopic (exact) mass is 291 g/mol. The lowest BCUT2D eigenvalue weighted by atomic mass is 10.1. The summed E-state index contributed by atoms with van der Waals surface area (Å²) < 4.78 is 25.6. The maximum Gasteiger partial charge on any atom is 0.273 e. The molecule has 1 aliphatic heterocycles. The van der Waals surface area contributed by atoms with Crippen LogP contribution in [0.5, 0.6) is 0 Å². The Bertz CT molecular complexity index is 760. The van der Waals surface area contributed by atoms with E-state index in [1.807, 2.05) is 6.08 Å². The van der Waals surface area contributed by atoms with Crippen molar-refractivity contribution in [3.8, 4) is 0 Å². The molecule has 0 aromatic heterocycles. The molecule has 0 saturated carbocycles. The van der Waals surface area contributed by atoms with Crippen LogP contribution in [-0.2, 0) is 10.0 Å². The second-order valence-corrected chi connectivity index (χ2v) is 6.43. The maximum atomic E-state index is 12.4. The van der Waals surface area contributed by atoms with Gasteiger partial charge in [0.15, 0.2) is 0 Å². The van der Waals surface area contributed by atoms with Crippen LogP contribution in [0, 0.1) is 0 Å². The highest BCUT2D eigenvalue weighted by atomic mass is 32.2. The Hall–Kier alpha value is -1.79. The molecule has 3 rings (SSSR count). The van der Waals surface area contributed by atoms with Gasteiger partial charge in [-0.2, -0.15) is 4.31 Å². The normalized spacial score (nSPS) is 20.4. The number of hydrogen-bond donors (Lipinski definition) is 0. The van der Waals surface area contributed by atoms with Crippen molar-refractivity contribution < 1.29 is 13.2 Å². The summed E-state index contributed by atoms with van der Waals surface area (Å²) >= 11 is 5.15. The molecule has 1 aromatic rings. The fourth-order valence-electron chi connectivity index (χ4n) is 2.14. The highest BCUT2D eigenvalue weighted by Crippen LogP contribution is 2.34. The lowest BCUT2D eigenvalue weighted by Crippen LogP contribution is -2.32. The predicted octanol–water partition coefficient (Wildman–Crippen LogP) is 2.04. The van der Waals surface area contributed by atoms with Gasteiger partial charge in [0.2, 0.25) is 0 Å². The van der Waals surface area contributed by atoms with Gasteiger partial charge in [-0.1, -0.05) is 36.5 Å². The molecule has 0 bridgehead atoms. The molecule has 0 saturated heterocycles. The minimum absolute atomic E-state index is 0.0400. The van der Waals surface area contributed by atoms with Gasteiger partial charge in [0.05, 0.1) is 11.3 Å². The van der Waals surface area contributed by atoms with E-state index in [0.29, 0.717) is 11.3 Å². The Labute approximate surface area is 116 Å². The van der Waals surface area contributed by atoms with Crippen molar-refractivity contribution in [2.75, 3.05) is 0 Å². The quantitative estimate of drug-likeness (QED) is 0.743. The molecule has 0 fully saturated rings. The van der Waals surface area contributed by atoms with Gasteiger partial charge in [-0.25, -0.2) is 8.42 Å². The lowest BCUT2D eigenvalue weighted by Gasteiger charge is -2.20. The molecule has 0 spiro atoms. The first-order valence-electron chi connectivity index (χ1n) is 5.62. The second kappa shape index (κ2) is 4.11. The number of thiocarbonyl (C=S) groups is 1. The molecule has 4 nitrogen and oxygen atoms in total. The van der Waals surface area contributed by atoms with E-state index in [0.717, 1.165) is 4.31 Å². The number of carbonyl (C=O) groups excluding carboxylic acids is 1. The number of carbonyl (C=O) groups is 1.